The SMILES string of the molecule is C/C=C\C(NC(=O)CCCCCNC(=O)c1cnccn1)=C(/C)N. The Morgan fingerprint density at radius 1 is 1.25 bits per heavy atom. The predicted molar refractivity (Wildman–Crippen MR) is 92.7 cm³/mol. The van der Waals surface area contributed by atoms with Crippen LogP contribution in [-0.2, 0) is 4.79 Å². The lowest BCUT2D eigenvalue weighted by Gasteiger charge is -2.08. The van der Waals surface area contributed by atoms with Crippen molar-refractivity contribution in [2.75, 3.05) is 6.54 Å². The molecule has 24 heavy (non-hydrogen) atoms. The average molecular weight is 331 g/mol. The Balaban J connectivity index is 2.17. The summed E-state index contributed by atoms with van der Waals surface area (Å²) in [7, 11) is 0. The van der Waals surface area contributed by atoms with Crippen molar-refractivity contribution in [1.82, 2.24) is 20.6 Å². The number of hydrogen-bond donors (Lipinski definition) is 3. The minimum absolute atomic E-state index is 0.0588. The molecule has 4 N–H and O–H groups in total. The highest BCUT2D eigenvalue weighted by atomic mass is 16.2. The summed E-state index contributed by atoms with van der Waals surface area (Å²) in [5, 5.41) is 5.57. The summed E-state index contributed by atoms with van der Waals surface area (Å²) in [5.74, 6) is -0.295. The molecular weight excluding hydrogens is 306 g/mol. The van der Waals surface area contributed by atoms with Crippen LogP contribution in [0.3, 0.4) is 0 Å². The van der Waals surface area contributed by atoms with Crippen LogP contribution in [0.15, 0.2) is 42.1 Å². The summed E-state index contributed by atoms with van der Waals surface area (Å²) in [6, 6.07) is 0. The number of hydrogen-bond acceptors (Lipinski definition) is 5. The number of nitrogens with two attached hydrogens (primary N) is 1. The average Bonchev–Trinajstić information content (AvgIpc) is 2.58. The van der Waals surface area contributed by atoms with Gasteiger partial charge in [-0.15, -0.1) is 0 Å². The van der Waals surface area contributed by atoms with Gasteiger partial charge in [0.25, 0.3) is 5.91 Å². The fraction of sp³-hybridized carbons (Fsp3) is 0.412. The third-order valence-corrected chi connectivity index (χ3v) is 3.19. The first-order valence-corrected chi connectivity index (χ1v) is 7.97. The Morgan fingerprint density at radius 2 is 2.04 bits per heavy atom. The van der Waals surface area contributed by atoms with Gasteiger partial charge >= 0.3 is 0 Å². The Bertz CT molecular complexity index is 592. The van der Waals surface area contributed by atoms with E-state index in [2.05, 4.69) is 20.6 Å². The van der Waals surface area contributed by atoms with E-state index in [1.165, 1.54) is 18.6 Å². The predicted octanol–water partition coefficient (Wildman–Crippen LogP) is 1.65. The summed E-state index contributed by atoms with van der Waals surface area (Å²) in [6.45, 7) is 4.16. The van der Waals surface area contributed by atoms with Gasteiger partial charge < -0.3 is 16.4 Å². The molecule has 0 fully saturated rings. The number of amides is 2. The molecule has 0 aliphatic rings. The maximum atomic E-state index is 11.8. The molecule has 0 aromatic carbocycles. The van der Waals surface area contributed by atoms with Crippen LogP contribution in [0.2, 0.25) is 0 Å². The van der Waals surface area contributed by atoms with E-state index in [1.54, 1.807) is 13.0 Å². The van der Waals surface area contributed by atoms with Gasteiger partial charge in [0.15, 0.2) is 0 Å². The Kier molecular flexibility index (Phi) is 8.81. The molecule has 0 radical (unpaired) electrons. The second kappa shape index (κ2) is 10.9. The number of aromatic nitrogens is 2. The van der Waals surface area contributed by atoms with E-state index in [9.17, 15) is 9.59 Å². The molecule has 2 amide bonds. The van der Waals surface area contributed by atoms with Gasteiger partial charge in [-0.05, 0) is 32.8 Å². The van der Waals surface area contributed by atoms with Gasteiger partial charge in [-0.3, -0.25) is 14.6 Å². The lowest BCUT2D eigenvalue weighted by Crippen LogP contribution is -2.25. The van der Waals surface area contributed by atoms with Crippen molar-refractivity contribution >= 4 is 11.8 Å². The lowest BCUT2D eigenvalue weighted by atomic mass is 10.2. The van der Waals surface area contributed by atoms with Gasteiger partial charge in [-0.2, -0.15) is 0 Å². The second-order valence-electron chi connectivity index (χ2n) is 5.30. The zero-order valence-electron chi connectivity index (χ0n) is 14.2. The van der Waals surface area contributed by atoms with Crippen molar-refractivity contribution in [1.29, 1.82) is 0 Å². The molecule has 1 aromatic heterocycles. The largest absolute Gasteiger partial charge is 0.401 e. The molecule has 1 heterocycles. The van der Waals surface area contributed by atoms with Gasteiger partial charge in [-0.1, -0.05) is 12.5 Å². The number of nitrogens with zero attached hydrogens (tertiary/aromatic N) is 2. The normalized spacial score (nSPS) is 11.9. The fourth-order valence-electron chi connectivity index (χ4n) is 1.95. The van der Waals surface area contributed by atoms with E-state index < -0.39 is 0 Å². The van der Waals surface area contributed by atoms with E-state index in [1.807, 2.05) is 13.0 Å². The van der Waals surface area contributed by atoms with Crippen LogP contribution in [0.1, 0.15) is 50.0 Å². The monoisotopic (exact) mass is 331 g/mol. The summed E-state index contributed by atoms with van der Waals surface area (Å²) >= 11 is 0. The van der Waals surface area contributed by atoms with Gasteiger partial charge in [0, 0.05) is 31.1 Å². The van der Waals surface area contributed by atoms with Crippen LogP contribution < -0.4 is 16.4 Å². The molecule has 0 unspecified atom stereocenters. The summed E-state index contributed by atoms with van der Waals surface area (Å²) in [5.41, 5.74) is 7.22. The first kappa shape index (κ1) is 19.3. The Morgan fingerprint density at radius 3 is 2.67 bits per heavy atom. The minimum Gasteiger partial charge on any atom is -0.401 e. The van der Waals surface area contributed by atoms with Crippen molar-refractivity contribution < 1.29 is 9.59 Å². The Labute approximate surface area is 142 Å². The van der Waals surface area contributed by atoms with Gasteiger partial charge in [0.1, 0.15) is 5.69 Å². The summed E-state index contributed by atoms with van der Waals surface area (Å²) < 4.78 is 0. The maximum absolute atomic E-state index is 11.8. The van der Waals surface area contributed by atoms with E-state index in [0.29, 0.717) is 30.1 Å². The Hall–Kier alpha value is -2.70. The molecule has 0 aliphatic heterocycles. The van der Waals surface area contributed by atoms with Crippen molar-refractivity contribution in [3.8, 4) is 0 Å². The molecule has 0 saturated heterocycles. The standard InChI is InChI=1S/C17H25N5O2/c1-3-7-14(13(2)18)22-16(23)8-5-4-6-9-21-17(24)15-12-19-10-11-20-15/h3,7,10-12H,4-6,8-9,18H2,1-2H3,(H,21,24)(H,22,23)/b7-3-,14-13-. The topological polar surface area (TPSA) is 110 Å². The van der Waals surface area contributed by atoms with Crippen LogP contribution in [-0.4, -0.2) is 28.3 Å². The van der Waals surface area contributed by atoms with Gasteiger partial charge in [0.05, 0.1) is 11.9 Å². The third-order valence-electron chi connectivity index (χ3n) is 3.19. The highest BCUT2D eigenvalue weighted by Crippen LogP contribution is 2.02. The van der Waals surface area contributed by atoms with E-state index >= 15 is 0 Å². The number of rotatable bonds is 9. The zero-order chi connectivity index (χ0) is 17.8. The molecule has 1 rings (SSSR count). The quantitative estimate of drug-likeness (QED) is 0.471. The molecule has 0 aliphatic carbocycles. The highest BCUT2D eigenvalue weighted by Gasteiger charge is 2.06. The molecule has 1 aromatic rings. The van der Waals surface area contributed by atoms with Crippen LogP contribution in [0.25, 0.3) is 0 Å². The first-order chi connectivity index (χ1) is 11.5. The molecule has 7 heteroatoms. The van der Waals surface area contributed by atoms with Gasteiger partial charge in [0.2, 0.25) is 5.91 Å². The van der Waals surface area contributed by atoms with Crippen molar-refractivity contribution in [2.24, 2.45) is 5.73 Å². The van der Waals surface area contributed by atoms with E-state index in [0.717, 1.165) is 19.3 Å². The van der Waals surface area contributed by atoms with Crippen LogP contribution in [0, 0.1) is 0 Å². The third kappa shape index (κ3) is 7.53. The number of allylic oxidation sites excluding steroid dienone is 3. The number of nitrogens with one attached hydrogen (secondary N) is 2. The fourth-order valence-corrected chi connectivity index (χ4v) is 1.95. The summed E-state index contributed by atoms with van der Waals surface area (Å²) in [6.07, 6.45) is 10.8. The number of carbonyl (C=O) groups is 2. The number of unbranched alkanes of at least 4 members (excludes halogenated alkanes) is 2. The molecule has 0 bridgehead atoms. The molecule has 130 valence electrons. The molecule has 0 spiro atoms. The smallest absolute Gasteiger partial charge is 0.271 e. The van der Waals surface area contributed by atoms with Crippen molar-refractivity contribution in [3.05, 3.63) is 47.8 Å². The zero-order valence-corrected chi connectivity index (χ0v) is 14.2. The summed E-state index contributed by atoms with van der Waals surface area (Å²) in [4.78, 5) is 31.3. The minimum atomic E-state index is -0.236. The first-order valence-electron chi connectivity index (χ1n) is 7.97. The van der Waals surface area contributed by atoms with Crippen LogP contribution in [0.5, 0.6) is 0 Å². The number of carbonyl (C=O) groups excluding carboxylic acids is 2. The lowest BCUT2D eigenvalue weighted by molar-refractivity contribution is -0.120. The molecule has 7 nitrogen and oxygen atoms in total. The molecule has 0 atom stereocenters. The van der Waals surface area contributed by atoms with Crippen LogP contribution >= 0.6 is 0 Å². The van der Waals surface area contributed by atoms with Crippen molar-refractivity contribution in [3.63, 3.8) is 0 Å². The highest BCUT2D eigenvalue weighted by molar-refractivity contribution is 5.91. The molecular formula is C17H25N5O2. The van der Waals surface area contributed by atoms with E-state index in [-0.39, 0.29) is 11.8 Å². The van der Waals surface area contributed by atoms with Gasteiger partial charge in [-0.25, -0.2) is 4.98 Å². The second-order valence-corrected chi connectivity index (χ2v) is 5.30. The van der Waals surface area contributed by atoms with Crippen LogP contribution in [0.4, 0.5) is 0 Å². The van der Waals surface area contributed by atoms with E-state index in [4.69, 9.17) is 5.73 Å². The van der Waals surface area contributed by atoms with Crippen molar-refractivity contribution in [2.45, 2.75) is 39.5 Å². The maximum Gasteiger partial charge on any atom is 0.271 e. The molecule has 0 saturated carbocycles.